The molecule has 10 heteroatoms. The van der Waals surface area contributed by atoms with Crippen molar-refractivity contribution in [1.29, 1.82) is 0 Å². The number of nitro benzene ring substituents is 1. The Bertz CT molecular complexity index is 886. The molecule has 0 aliphatic carbocycles. The van der Waals surface area contributed by atoms with E-state index in [2.05, 4.69) is 10.3 Å². The highest BCUT2D eigenvalue weighted by Gasteiger charge is 2.35. The van der Waals surface area contributed by atoms with Crippen molar-refractivity contribution in [3.05, 3.63) is 62.7 Å². The molecule has 3 rings (SSSR count). The van der Waals surface area contributed by atoms with Gasteiger partial charge in [0.25, 0.3) is 5.69 Å². The number of rotatable bonds is 6. The number of ether oxygens (including phenoxy) is 1. The summed E-state index contributed by atoms with van der Waals surface area (Å²) in [6, 6.07) is 7.45. The summed E-state index contributed by atoms with van der Waals surface area (Å²) in [5, 5.41) is 33.1. The Balaban J connectivity index is 1.77. The van der Waals surface area contributed by atoms with Gasteiger partial charge in [-0.05, 0) is 13.0 Å². The van der Waals surface area contributed by atoms with Gasteiger partial charge < -0.3 is 20.3 Å². The van der Waals surface area contributed by atoms with Gasteiger partial charge in [0.2, 0.25) is 0 Å². The summed E-state index contributed by atoms with van der Waals surface area (Å²) in [6.45, 7) is 1.39. The third-order valence-electron chi connectivity index (χ3n) is 4.49. The highest BCUT2D eigenvalue weighted by Crippen LogP contribution is 2.28. The molecule has 144 valence electrons. The Morgan fingerprint density at radius 3 is 2.81 bits per heavy atom. The molecule has 1 unspecified atom stereocenters. The van der Waals surface area contributed by atoms with Gasteiger partial charge in [0.1, 0.15) is 18.1 Å². The van der Waals surface area contributed by atoms with Crippen LogP contribution in [0.4, 0.5) is 11.5 Å². The molecule has 27 heavy (non-hydrogen) atoms. The third kappa shape index (κ3) is 3.97. The second-order valence-electron chi connectivity index (χ2n) is 6.30. The predicted octanol–water partition coefficient (Wildman–Crippen LogP) is 0.965. The van der Waals surface area contributed by atoms with Gasteiger partial charge in [-0.25, -0.2) is 4.79 Å². The maximum atomic E-state index is 12.3. The summed E-state index contributed by atoms with van der Waals surface area (Å²) in [7, 11) is 0. The van der Waals surface area contributed by atoms with Crippen LogP contribution in [0.15, 0.2) is 41.3 Å². The van der Waals surface area contributed by atoms with Crippen LogP contribution >= 0.6 is 0 Å². The summed E-state index contributed by atoms with van der Waals surface area (Å²) in [4.78, 5) is 26.9. The van der Waals surface area contributed by atoms with E-state index in [0.717, 1.165) is 0 Å². The number of benzene rings is 1. The maximum Gasteiger partial charge on any atom is 0.351 e. The summed E-state index contributed by atoms with van der Waals surface area (Å²) in [6.07, 6.45) is -0.659. The predicted molar refractivity (Wildman–Crippen MR) is 95.3 cm³/mol. The molecule has 1 aromatic carbocycles. The van der Waals surface area contributed by atoms with Crippen molar-refractivity contribution in [1.82, 2.24) is 9.55 Å². The molecule has 0 radical (unpaired) electrons. The second kappa shape index (κ2) is 7.82. The molecule has 1 fully saturated rings. The Hall–Kier alpha value is -2.82. The number of nitrogens with zero attached hydrogens (tertiary/aromatic N) is 3. The van der Waals surface area contributed by atoms with Crippen LogP contribution < -0.4 is 11.0 Å². The van der Waals surface area contributed by atoms with Gasteiger partial charge in [-0.15, -0.1) is 0 Å². The molecule has 2 aromatic rings. The van der Waals surface area contributed by atoms with E-state index in [4.69, 9.17) is 9.84 Å². The molecule has 4 atom stereocenters. The molecular formula is C17H20N4O6. The lowest BCUT2D eigenvalue weighted by Crippen LogP contribution is -2.28. The molecule has 0 saturated carbocycles. The Labute approximate surface area is 154 Å². The average Bonchev–Trinajstić information content (AvgIpc) is 3.02. The van der Waals surface area contributed by atoms with Gasteiger partial charge in [0.15, 0.2) is 0 Å². The van der Waals surface area contributed by atoms with Crippen LogP contribution in [0.1, 0.15) is 31.2 Å². The normalized spacial score (nSPS) is 23.1. The zero-order valence-corrected chi connectivity index (χ0v) is 14.6. The SMILES string of the molecule is CC(Nc1ccn([C@H]2C[C@H](O)[C@@H](CO)O2)c(=O)n1)c1ccccc1[N+](=O)[O-]. The Kier molecular flexibility index (Phi) is 5.49. The number of anilines is 1. The largest absolute Gasteiger partial charge is 0.394 e. The molecule has 2 heterocycles. The van der Waals surface area contributed by atoms with E-state index < -0.39 is 35.1 Å². The number of hydrogen-bond donors (Lipinski definition) is 3. The van der Waals surface area contributed by atoms with Gasteiger partial charge in [-0.2, -0.15) is 4.98 Å². The molecule has 1 aliphatic rings. The van der Waals surface area contributed by atoms with E-state index in [1.54, 1.807) is 31.2 Å². The van der Waals surface area contributed by atoms with Gasteiger partial charge >= 0.3 is 5.69 Å². The maximum absolute atomic E-state index is 12.3. The van der Waals surface area contributed by atoms with E-state index in [1.807, 2.05) is 0 Å². The van der Waals surface area contributed by atoms with E-state index in [-0.39, 0.29) is 24.5 Å². The van der Waals surface area contributed by atoms with Crippen LogP contribution in [0.5, 0.6) is 0 Å². The van der Waals surface area contributed by atoms with Gasteiger partial charge in [0.05, 0.1) is 29.2 Å². The topological polar surface area (TPSA) is 140 Å². The lowest BCUT2D eigenvalue weighted by molar-refractivity contribution is -0.385. The summed E-state index contributed by atoms with van der Waals surface area (Å²) in [5.41, 5.74) is -0.138. The first-order valence-corrected chi connectivity index (χ1v) is 8.44. The highest BCUT2D eigenvalue weighted by molar-refractivity contribution is 5.46. The van der Waals surface area contributed by atoms with Crippen LogP contribution in [0.2, 0.25) is 0 Å². The molecule has 1 aliphatic heterocycles. The Morgan fingerprint density at radius 1 is 1.44 bits per heavy atom. The first kappa shape index (κ1) is 19.0. The van der Waals surface area contributed by atoms with Crippen LogP contribution in [0, 0.1) is 10.1 Å². The van der Waals surface area contributed by atoms with E-state index in [0.29, 0.717) is 5.56 Å². The van der Waals surface area contributed by atoms with Crippen molar-refractivity contribution < 1.29 is 19.9 Å². The zero-order valence-electron chi connectivity index (χ0n) is 14.6. The highest BCUT2D eigenvalue weighted by atomic mass is 16.6. The second-order valence-corrected chi connectivity index (χ2v) is 6.30. The summed E-state index contributed by atoms with van der Waals surface area (Å²) >= 11 is 0. The van der Waals surface area contributed by atoms with Gasteiger partial charge in [-0.1, -0.05) is 18.2 Å². The van der Waals surface area contributed by atoms with Crippen LogP contribution in [0.25, 0.3) is 0 Å². The Morgan fingerprint density at radius 2 is 2.19 bits per heavy atom. The summed E-state index contributed by atoms with van der Waals surface area (Å²) < 4.78 is 6.69. The average molecular weight is 376 g/mol. The number of aromatic nitrogens is 2. The fraction of sp³-hybridized carbons (Fsp3) is 0.412. The monoisotopic (exact) mass is 376 g/mol. The van der Waals surface area contributed by atoms with Gasteiger partial charge in [-0.3, -0.25) is 14.7 Å². The van der Waals surface area contributed by atoms with E-state index in [9.17, 15) is 20.0 Å². The van der Waals surface area contributed by atoms with Crippen LogP contribution in [-0.4, -0.2) is 43.5 Å². The van der Waals surface area contributed by atoms with Crippen LogP contribution in [-0.2, 0) is 4.74 Å². The standard InChI is InChI=1S/C17H20N4O6/c1-10(11-4-2-3-5-12(11)21(25)26)18-15-6-7-20(17(24)19-15)16-8-13(23)14(9-22)27-16/h2-7,10,13-14,16,22-23H,8-9H2,1H3,(H,18,19,24)/t10?,13-,14+,16+/m0/s1. The molecule has 0 spiro atoms. The lowest BCUT2D eigenvalue weighted by Gasteiger charge is -2.17. The molecule has 10 nitrogen and oxygen atoms in total. The number of nitrogens with one attached hydrogen (secondary N) is 1. The molecule has 1 aromatic heterocycles. The van der Waals surface area contributed by atoms with Crippen LogP contribution in [0.3, 0.4) is 0 Å². The molecule has 0 bridgehead atoms. The van der Waals surface area contributed by atoms with E-state index >= 15 is 0 Å². The lowest BCUT2D eigenvalue weighted by atomic mass is 10.1. The molecular weight excluding hydrogens is 356 g/mol. The van der Waals surface area contributed by atoms with Crippen molar-refractivity contribution >= 4 is 11.5 Å². The minimum atomic E-state index is -0.858. The van der Waals surface area contributed by atoms with Crippen molar-refractivity contribution in [2.75, 3.05) is 11.9 Å². The molecule has 0 amide bonds. The quantitative estimate of drug-likeness (QED) is 0.500. The first-order chi connectivity index (χ1) is 12.9. The number of para-hydroxylation sites is 1. The number of nitro groups is 1. The van der Waals surface area contributed by atoms with Gasteiger partial charge in [0, 0.05) is 18.7 Å². The third-order valence-corrected chi connectivity index (χ3v) is 4.49. The summed E-state index contributed by atoms with van der Waals surface area (Å²) in [5.74, 6) is 0.263. The number of aliphatic hydroxyl groups excluding tert-OH is 2. The fourth-order valence-electron chi connectivity index (χ4n) is 3.08. The minimum absolute atomic E-state index is 0.0192. The van der Waals surface area contributed by atoms with Crippen molar-refractivity contribution in [2.45, 2.75) is 37.8 Å². The first-order valence-electron chi connectivity index (χ1n) is 8.44. The van der Waals surface area contributed by atoms with Crippen molar-refractivity contribution in [3.63, 3.8) is 0 Å². The smallest absolute Gasteiger partial charge is 0.351 e. The zero-order chi connectivity index (χ0) is 19.6. The van der Waals surface area contributed by atoms with Crippen molar-refractivity contribution in [3.8, 4) is 0 Å². The fourth-order valence-corrected chi connectivity index (χ4v) is 3.08. The van der Waals surface area contributed by atoms with Crippen molar-refractivity contribution in [2.24, 2.45) is 0 Å². The number of hydrogen-bond acceptors (Lipinski definition) is 8. The minimum Gasteiger partial charge on any atom is -0.394 e. The van der Waals surface area contributed by atoms with E-state index in [1.165, 1.54) is 16.8 Å². The molecule has 3 N–H and O–H groups in total. The molecule has 1 saturated heterocycles. The number of aliphatic hydroxyl groups is 2.